The molecular weight excluding hydrogens is 240 g/mol. The molecule has 98 valence electrons. The maximum atomic E-state index is 10.3. The van der Waals surface area contributed by atoms with Crippen molar-refractivity contribution in [3.05, 3.63) is 48.5 Å². The SMILES string of the molecule is CCn1cc(C(O)Cn2cnc3ccccc32)cn1. The van der Waals surface area contributed by atoms with Crippen molar-refractivity contribution in [2.45, 2.75) is 26.1 Å². The molecule has 0 aliphatic heterocycles. The molecule has 0 aliphatic rings. The van der Waals surface area contributed by atoms with Gasteiger partial charge in [-0.2, -0.15) is 5.10 Å². The summed E-state index contributed by atoms with van der Waals surface area (Å²) in [5.74, 6) is 0. The summed E-state index contributed by atoms with van der Waals surface area (Å²) in [4.78, 5) is 4.32. The van der Waals surface area contributed by atoms with Crippen molar-refractivity contribution in [1.82, 2.24) is 19.3 Å². The Morgan fingerprint density at radius 1 is 1.32 bits per heavy atom. The van der Waals surface area contributed by atoms with E-state index in [1.165, 1.54) is 0 Å². The number of benzene rings is 1. The highest BCUT2D eigenvalue weighted by atomic mass is 16.3. The highest BCUT2D eigenvalue weighted by Crippen LogP contribution is 2.18. The molecule has 2 heterocycles. The van der Waals surface area contributed by atoms with Crippen molar-refractivity contribution in [1.29, 1.82) is 0 Å². The summed E-state index contributed by atoms with van der Waals surface area (Å²) in [5.41, 5.74) is 2.81. The van der Waals surface area contributed by atoms with Gasteiger partial charge in [0.1, 0.15) is 0 Å². The van der Waals surface area contributed by atoms with Crippen LogP contribution in [0.1, 0.15) is 18.6 Å². The molecule has 1 unspecified atom stereocenters. The summed E-state index contributed by atoms with van der Waals surface area (Å²) in [6, 6.07) is 7.90. The first-order valence-electron chi connectivity index (χ1n) is 6.38. The molecule has 0 amide bonds. The zero-order chi connectivity index (χ0) is 13.2. The molecule has 0 saturated heterocycles. The first-order valence-corrected chi connectivity index (χ1v) is 6.38. The number of para-hydroxylation sites is 2. The Hall–Kier alpha value is -2.14. The maximum absolute atomic E-state index is 10.3. The van der Waals surface area contributed by atoms with Crippen LogP contribution in [0.2, 0.25) is 0 Å². The number of imidazole rings is 1. The van der Waals surface area contributed by atoms with Crippen LogP contribution in [-0.4, -0.2) is 24.4 Å². The average Bonchev–Trinajstić information content (AvgIpc) is 3.06. The number of hydrogen-bond acceptors (Lipinski definition) is 3. The normalized spacial score (nSPS) is 12.9. The van der Waals surface area contributed by atoms with Gasteiger partial charge in [-0.05, 0) is 19.1 Å². The fourth-order valence-electron chi connectivity index (χ4n) is 2.17. The van der Waals surface area contributed by atoms with Crippen molar-refractivity contribution in [3.63, 3.8) is 0 Å². The van der Waals surface area contributed by atoms with Gasteiger partial charge >= 0.3 is 0 Å². The molecule has 0 bridgehead atoms. The standard InChI is InChI=1S/C14H16N4O/c1-2-18-8-11(7-16-18)14(19)9-17-10-15-12-5-3-4-6-13(12)17/h3-8,10,14,19H,2,9H2,1H3. The highest BCUT2D eigenvalue weighted by Gasteiger charge is 2.12. The molecule has 1 atom stereocenters. The fourth-order valence-corrected chi connectivity index (χ4v) is 2.17. The van der Waals surface area contributed by atoms with E-state index in [-0.39, 0.29) is 0 Å². The summed E-state index contributed by atoms with van der Waals surface area (Å²) >= 11 is 0. The quantitative estimate of drug-likeness (QED) is 0.776. The molecule has 3 rings (SSSR count). The molecular formula is C14H16N4O. The van der Waals surface area contributed by atoms with Gasteiger partial charge in [0.15, 0.2) is 0 Å². The minimum atomic E-state index is -0.571. The van der Waals surface area contributed by atoms with E-state index in [0.717, 1.165) is 23.1 Å². The van der Waals surface area contributed by atoms with Crippen LogP contribution < -0.4 is 0 Å². The van der Waals surface area contributed by atoms with E-state index in [1.807, 2.05) is 46.6 Å². The van der Waals surface area contributed by atoms with Crippen molar-refractivity contribution in [2.24, 2.45) is 0 Å². The van der Waals surface area contributed by atoms with Crippen molar-refractivity contribution < 1.29 is 5.11 Å². The van der Waals surface area contributed by atoms with Gasteiger partial charge in [0, 0.05) is 18.3 Å². The minimum absolute atomic E-state index is 0.482. The molecule has 0 fully saturated rings. The monoisotopic (exact) mass is 256 g/mol. The van der Waals surface area contributed by atoms with Crippen LogP contribution in [0.5, 0.6) is 0 Å². The van der Waals surface area contributed by atoms with E-state index in [1.54, 1.807) is 12.5 Å². The van der Waals surface area contributed by atoms with Crippen LogP contribution in [0.4, 0.5) is 0 Å². The van der Waals surface area contributed by atoms with Crippen LogP contribution in [0, 0.1) is 0 Å². The minimum Gasteiger partial charge on any atom is -0.386 e. The first kappa shape index (κ1) is 11.9. The smallest absolute Gasteiger partial charge is 0.0999 e. The highest BCUT2D eigenvalue weighted by molar-refractivity contribution is 5.74. The Morgan fingerprint density at radius 2 is 2.16 bits per heavy atom. The predicted molar refractivity (Wildman–Crippen MR) is 72.6 cm³/mol. The topological polar surface area (TPSA) is 55.9 Å². The second-order valence-corrected chi connectivity index (χ2v) is 4.53. The lowest BCUT2D eigenvalue weighted by Gasteiger charge is -2.10. The van der Waals surface area contributed by atoms with Gasteiger partial charge in [0.05, 0.1) is 36.2 Å². The lowest BCUT2D eigenvalue weighted by atomic mass is 10.2. The van der Waals surface area contributed by atoms with Gasteiger partial charge in [-0.1, -0.05) is 12.1 Å². The van der Waals surface area contributed by atoms with Crippen molar-refractivity contribution in [2.75, 3.05) is 0 Å². The Kier molecular flexibility index (Phi) is 3.05. The second-order valence-electron chi connectivity index (χ2n) is 4.53. The van der Waals surface area contributed by atoms with E-state index < -0.39 is 6.10 Å². The van der Waals surface area contributed by atoms with Gasteiger partial charge < -0.3 is 9.67 Å². The predicted octanol–water partition coefficient (Wildman–Crippen LogP) is 1.99. The number of fused-ring (bicyclic) bond motifs is 1. The summed E-state index contributed by atoms with van der Waals surface area (Å²) in [7, 11) is 0. The average molecular weight is 256 g/mol. The Bertz CT molecular complexity index is 685. The van der Waals surface area contributed by atoms with Crippen LogP contribution in [-0.2, 0) is 13.1 Å². The van der Waals surface area contributed by atoms with E-state index in [2.05, 4.69) is 10.1 Å². The third kappa shape index (κ3) is 2.24. The summed E-state index contributed by atoms with van der Waals surface area (Å²) in [5, 5.41) is 14.4. The van der Waals surface area contributed by atoms with E-state index in [4.69, 9.17) is 0 Å². The molecule has 0 spiro atoms. The van der Waals surface area contributed by atoms with E-state index >= 15 is 0 Å². The molecule has 3 aromatic rings. The number of nitrogens with zero attached hydrogens (tertiary/aromatic N) is 4. The molecule has 1 aromatic carbocycles. The van der Waals surface area contributed by atoms with Crippen molar-refractivity contribution in [3.8, 4) is 0 Å². The molecule has 0 aliphatic carbocycles. The summed E-state index contributed by atoms with van der Waals surface area (Å²) in [6.45, 7) is 3.31. The Morgan fingerprint density at radius 3 is 2.95 bits per heavy atom. The third-order valence-electron chi connectivity index (χ3n) is 3.26. The van der Waals surface area contributed by atoms with Gasteiger partial charge in [-0.15, -0.1) is 0 Å². The number of aromatic nitrogens is 4. The van der Waals surface area contributed by atoms with Gasteiger partial charge in [-0.3, -0.25) is 4.68 Å². The van der Waals surface area contributed by atoms with E-state index in [0.29, 0.717) is 6.54 Å². The zero-order valence-electron chi connectivity index (χ0n) is 10.8. The second kappa shape index (κ2) is 4.85. The third-order valence-corrected chi connectivity index (χ3v) is 3.26. The van der Waals surface area contributed by atoms with Crippen LogP contribution in [0.3, 0.4) is 0 Å². The molecule has 0 radical (unpaired) electrons. The van der Waals surface area contributed by atoms with Crippen LogP contribution in [0.15, 0.2) is 43.0 Å². The summed E-state index contributed by atoms with van der Waals surface area (Å²) < 4.78 is 3.77. The molecule has 2 aromatic heterocycles. The van der Waals surface area contributed by atoms with Crippen LogP contribution in [0.25, 0.3) is 11.0 Å². The molecule has 0 saturated carbocycles. The fraction of sp³-hybridized carbons (Fsp3) is 0.286. The van der Waals surface area contributed by atoms with Crippen molar-refractivity contribution >= 4 is 11.0 Å². The van der Waals surface area contributed by atoms with Gasteiger partial charge in [-0.25, -0.2) is 4.98 Å². The molecule has 19 heavy (non-hydrogen) atoms. The number of aryl methyl sites for hydroxylation is 1. The maximum Gasteiger partial charge on any atom is 0.0999 e. The first-order chi connectivity index (χ1) is 9.28. The number of rotatable bonds is 4. The molecule has 5 nitrogen and oxygen atoms in total. The number of aliphatic hydroxyl groups excluding tert-OH is 1. The Balaban J connectivity index is 1.84. The molecule has 5 heteroatoms. The summed E-state index contributed by atoms with van der Waals surface area (Å²) in [6.07, 6.45) is 4.78. The van der Waals surface area contributed by atoms with Crippen LogP contribution >= 0.6 is 0 Å². The Labute approximate surface area is 111 Å². The zero-order valence-corrected chi connectivity index (χ0v) is 10.8. The van der Waals surface area contributed by atoms with Gasteiger partial charge in [0.25, 0.3) is 0 Å². The van der Waals surface area contributed by atoms with E-state index in [9.17, 15) is 5.11 Å². The number of hydrogen-bond donors (Lipinski definition) is 1. The van der Waals surface area contributed by atoms with Gasteiger partial charge in [0.2, 0.25) is 0 Å². The largest absolute Gasteiger partial charge is 0.386 e. The molecule has 1 N–H and O–H groups in total. The lowest BCUT2D eigenvalue weighted by Crippen LogP contribution is -2.07. The number of aliphatic hydroxyl groups is 1. The lowest BCUT2D eigenvalue weighted by molar-refractivity contribution is 0.158.